The summed E-state index contributed by atoms with van der Waals surface area (Å²) < 4.78 is 0. The molecule has 6 nitrogen and oxygen atoms in total. The molecule has 0 saturated carbocycles. The number of hydrogen-bond donors (Lipinski definition) is 2. The van der Waals surface area contributed by atoms with Gasteiger partial charge in [0.1, 0.15) is 0 Å². The van der Waals surface area contributed by atoms with Gasteiger partial charge in [-0.2, -0.15) is 0 Å². The van der Waals surface area contributed by atoms with E-state index in [2.05, 4.69) is 0 Å². The van der Waals surface area contributed by atoms with E-state index in [0.717, 1.165) is 22.3 Å². The average Bonchev–Trinajstić information content (AvgIpc) is 3.03. The van der Waals surface area contributed by atoms with Crippen LogP contribution in [0.5, 0.6) is 0 Å². The number of rotatable bonds is 15. The summed E-state index contributed by atoms with van der Waals surface area (Å²) in [5.41, 5.74) is 17.0. The van der Waals surface area contributed by atoms with Gasteiger partial charge in [-0.05, 0) is 22.3 Å². The molecule has 0 bridgehead atoms. The van der Waals surface area contributed by atoms with Crippen molar-refractivity contribution in [3.63, 3.8) is 0 Å². The van der Waals surface area contributed by atoms with Gasteiger partial charge in [-0.25, -0.2) is 0 Å². The molecule has 4 N–H and O–H groups in total. The second-order valence-electron chi connectivity index (χ2n) is 10.1. The van der Waals surface area contributed by atoms with Crippen molar-refractivity contribution in [3.8, 4) is 0 Å². The maximum absolute atomic E-state index is 13.4. The van der Waals surface area contributed by atoms with E-state index in [1.54, 1.807) is 9.80 Å². The Hall–Kier alpha value is -3.27. The number of hydrogen-bond acceptors (Lipinski definition) is 6. The molecule has 0 aromatic heterocycles. The molecule has 1 unspecified atom stereocenters. The zero-order valence-electron chi connectivity index (χ0n) is 24.0. The van der Waals surface area contributed by atoms with Crippen LogP contribution in [0, 0.1) is 0 Å². The topological polar surface area (TPSA) is 92.7 Å². The van der Waals surface area contributed by atoms with Crippen molar-refractivity contribution in [2.24, 2.45) is 11.5 Å². The summed E-state index contributed by atoms with van der Waals surface area (Å²) in [6.45, 7) is 1.94. The van der Waals surface area contributed by atoms with Gasteiger partial charge in [0.2, 0.25) is 11.8 Å². The largest absolute Gasteiger partial charge is 0.333 e. The minimum Gasteiger partial charge on any atom is -0.333 e. The Morgan fingerprint density at radius 2 is 0.721 bits per heavy atom. The Labute approximate surface area is 269 Å². The second-order valence-corrected chi connectivity index (χ2v) is 12.7. The van der Waals surface area contributed by atoms with E-state index in [-0.39, 0.29) is 24.2 Å². The minimum atomic E-state index is -0.672. The smallest absolute Gasteiger partial charge is 0.240 e. The molecule has 0 aliphatic rings. The summed E-state index contributed by atoms with van der Waals surface area (Å²) in [5.74, 6) is 0.631. The fourth-order valence-electron chi connectivity index (χ4n) is 4.49. The summed E-state index contributed by atoms with van der Waals surface area (Å²) >= 11 is 0. The quantitative estimate of drug-likeness (QED) is 0.125. The third-order valence-corrected chi connectivity index (χ3v) is 9.17. The highest BCUT2D eigenvalue weighted by Crippen LogP contribution is 2.24. The van der Waals surface area contributed by atoms with Crippen molar-refractivity contribution in [3.05, 3.63) is 144 Å². The SMILES string of the molecule is Cl.NC(CSSC[C@H](N)C(=O)N(Cc1ccccc1)Cc1ccccc1)C(=O)N(Cc1ccccc1)Cc1ccccc1. The van der Waals surface area contributed by atoms with E-state index in [4.69, 9.17) is 11.5 Å². The summed E-state index contributed by atoms with van der Waals surface area (Å²) in [7, 11) is 2.96. The van der Waals surface area contributed by atoms with Gasteiger partial charge in [-0.3, -0.25) is 9.59 Å². The lowest BCUT2D eigenvalue weighted by Crippen LogP contribution is -2.45. The molecular formula is C34H39ClN4O2S2. The molecule has 226 valence electrons. The molecular weight excluding hydrogens is 596 g/mol. The maximum atomic E-state index is 13.4. The lowest BCUT2D eigenvalue weighted by molar-refractivity contribution is -0.134. The molecule has 0 aliphatic carbocycles. The second kappa shape index (κ2) is 18.4. The highest BCUT2D eigenvalue weighted by molar-refractivity contribution is 8.76. The predicted octanol–water partition coefficient (Wildman–Crippen LogP) is 5.90. The summed E-state index contributed by atoms with van der Waals surface area (Å²) in [6, 6.07) is 38.4. The number of nitrogens with zero attached hydrogens (tertiary/aromatic N) is 2. The molecule has 0 aliphatic heterocycles. The highest BCUT2D eigenvalue weighted by atomic mass is 35.5. The van der Waals surface area contributed by atoms with Crippen molar-refractivity contribution in [1.82, 2.24) is 9.80 Å². The van der Waals surface area contributed by atoms with Crippen molar-refractivity contribution < 1.29 is 9.59 Å². The highest BCUT2D eigenvalue weighted by Gasteiger charge is 2.24. The van der Waals surface area contributed by atoms with Crippen LogP contribution in [0.25, 0.3) is 0 Å². The van der Waals surface area contributed by atoms with Crippen LogP contribution in [0.2, 0.25) is 0 Å². The van der Waals surface area contributed by atoms with Crippen LogP contribution in [0.15, 0.2) is 121 Å². The Bertz CT molecular complexity index is 1180. The van der Waals surface area contributed by atoms with Gasteiger partial charge in [0.25, 0.3) is 0 Å². The Balaban J connectivity index is 0.00000506. The number of nitrogens with two attached hydrogens (primary N) is 2. The molecule has 0 radical (unpaired) electrons. The van der Waals surface area contributed by atoms with Crippen LogP contribution in [0.4, 0.5) is 0 Å². The fourth-order valence-corrected chi connectivity index (χ4v) is 6.72. The minimum absolute atomic E-state index is 0. The Morgan fingerprint density at radius 3 is 0.953 bits per heavy atom. The summed E-state index contributed by atoms with van der Waals surface area (Å²) in [5, 5.41) is 0. The molecule has 0 fully saturated rings. The van der Waals surface area contributed by atoms with Crippen LogP contribution < -0.4 is 11.5 Å². The number of benzene rings is 4. The Kier molecular flexibility index (Phi) is 14.6. The Morgan fingerprint density at radius 1 is 0.488 bits per heavy atom. The van der Waals surface area contributed by atoms with Crippen molar-refractivity contribution in [2.45, 2.75) is 38.3 Å². The monoisotopic (exact) mass is 634 g/mol. The number of carbonyl (C=O) groups excluding carboxylic acids is 2. The molecule has 0 saturated heterocycles. The van der Waals surface area contributed by atoms with E-state index >= 15 is 0 Å². The van der Waals surface area contributed by atoms with E-state index in [1.807, 2.05) is 121 Å². The first-order valence-electron chi connectivity index (χ1n) is 14.0. The first-order valence-corrected chi connectivity index (χ1v) is 16.5. The van der Waals surface area contributed by atoms with Crippen LogP contribution >= 0.6 is 34.0 Å². The molecule has 2 atom stereocenters. The number of amides is 2. The standard InChI is InChI=1S/C34H38N4O2S2.ClH/c35-31(33(39)37(21-27-13-5-1-6-14-27)22-28-15-7-2-8-16-28)25-41-42-26-32(36)34(40)38(23-29-17-9-3-10-18-29)24-30-19-11-4-12-20-30;/h1-20,31-32H,21-26,35-36H2;1H/t31-,32?;/m0./s1. The number of halogens is 1. The van der Waals surface area contributed by atoms with E-state index in [9.17, 15) is 9.59 Å². The lowest BCUT2D eigenvalue weighted by atomic mass is 10.1. The summed E-state index contributed by atoms with van der Waals surface area (Å²) in [4.78, 5) is 30.4. The van der Waals surface area contributed by atoms with Crippen molar-refractivity contribution >= 4 is 45.8 Å². The van der Waals surface area contributed by atoms with Gasteiger partial charge in [0, 0.05) is 37.7 Å². The van der Waals surface area contributed by atoms with Crippen molar-refractivity contribution in [1.29, 1.82) is 0 Å². The van der Waals surface area contributed by atoms with Gasteiger partial charge < -0.3 is 21.3 Å². The average molecular weight is 635 g/mol. The van der Waals surface area contributed by atoms with Crippen molar-refractivity contribution in [2.75, 3.05) is 11.5 Å². The van der Waals surface area contributed by atoms with Gasteiger partial charge in [-0.1, -0.05) is 143 Å². The normalized spacial score (nSPS) is 12.0. The van der Waals surface area contributed by atoms with Crippen LogP contribution in [0.3, 0.4) is 0 Å². The fraction of sp³-hybridized carbons (Fsp3) is 0.235. The predicted molar refractivity (Wildman–Crippen MR) is 182 cm³/mol. The zero-order chi connectivity index (χ0) is 29.6. The van der Waals surface area contributed by atoms with Gasteiger partial charge in [-0.15, -0.1) is 12.4 Å². The van der Waals surface area contributed by atoms with E-state index in [0.29, 0.717) is 37.7 Å². The zero-order valence-corrected chi connectivity index (χ0v) is 26.5. The van der Waals surface area contributed by atoms with E-state index < -0.39 is 12.1 Å². The molecule has 9 heteroatoms. The summed E-state index contributed by atoms with van der Waals surface area (Å²) in [6.07, 6.45) is 0. The molecule has 2 amide bonds. The first-order chi connectivity index (χ1) is 20.5. The third kappa shape index (κ3) is 11.4. The van der Waals surface area contributed by atoms with Crippen LogP contribution in [-0.4, -0.2) is 45.2 Å². The maximum Gasteiger partial charge on any atom is 0.240 e. The molecule has 4 aromatic rings. The van der Waals surface area contributed by atoms with E-state index in [1.165, 1.54) is 21.6 Å². The van der Waals surface area contributed by atoms with Crippen LogP contribution in [0.1, 0.15) is 22.3 Å². The van der Waals surface area contributed by atoms with Gasteiger partial charge in [0.05, 0.1) is 12.1 Å². The molecule has 0 heterocycles. The number of carbonyl (C=O) groups is 2. The van der Waals surface area contributed by atoms with Gasteiger partial charge in [0.15, 0.2) is 0 Å². The molecule has 0 spiro atoms. The molecule has 4 rings (SSSR count). The molecule has 4 aromatic carbocycles. The third-order valence-electron chi connectivity index (χ3n) is 6.70. The molecule has 43 heavy (non-hydrogen) atoms. The first kappa shape index (κ1) is 34.2. The van der Waals surface area contributed by atoms with Gasteiger partial charge >= 0.3 is 0 Å². The lowest BCUT2D eigenvalue weighted by Gasteiger charge is -2.27. The van der Waals surface area contributed by atoms with Crippen LogP contribution in [-0.2, 0) is 35.8 Å².